The Balaban J connectivity index is 1.68. The Morgan fingerprint density at radius 3 is 2.77 bits per heavy atom. The summed E-state index contributed by atoms with van der Waals surface area (Å²) in [5.41, 5.74) is 0.752. The predicted octanol–water partition coefficient (Wildman–Crippen LogP) is 3.10. The third-order valence-corrected chi connectivity index (χ3v) is 5.73. The van der Waals surface area contributed by atoms with E-state index < -0.39 is 0 Å². The highest BCUT2D eigenvalue weighted by Gasteiger charge is 2.18. The number of fused-ring (bicyclic) bond motifs is 2. The molecule has 5 rings (SSSR count). The van der Waals surface area contributed by atoms with Gasteiger partial charge in [-0.3, -0.25) is 4.79 Å². The zero-order valence-corrected chi connectivity index (χ0v) is 14.9. The number of nitrogens with zero attached hydrogens (tertiary/aromatic N) is 5. The van der Waals surface area contributed by atoms with Crippen molar-refractivity contribution < 1.29 is 0 Å². The molecule has 7 heteroatoms. The van der Waals surface area contributed by atoms with Crippen molar-refractivity contribution in [2.24, 2.45) is 0 Å². The minimum absolute atomic E-state index is 0.0888. The predicted molar refractivity (Wildman–Crippen MR) is 101 cm³/mol. The van der Waals surface area contributed by atoms with E-state index in [2.05, 4.69) is 14.8 Å². The van der Waals surface area contributed by atoms with Gasteiger partial charge in [0, 0.05) is 18.4 Å². The normalized spacial score (nSPS) is 13.8. The summed E-state index contributed by atoms with van der Waals surface area (Å²) < 4.78 is 3.67. The highest BCUT2D eigenvalue weighted by Crippen LogP contribution is 2.28. The van der Waals surface area contributed by atoms with Gasteiger partial charge >= 0.3 is 0 Å². The van der Waals surface area contributed by atoms with Crippen LogP contribution in [-0.2, 0) is 19.5 Å². The lowest BCUT2D eigenvalue weighted by molar-refractivity contribution is 0.493. The molecule has 1 aromatic carbocycles. The largest absolute Gasteiger partial charge is 0.313 e. The Morgan fingerprint density at radius 1 is 1.04 bits per heavy atom. The molecule has 0 aliphatic carbocycles. The molecule has 0 radical (unpaired) electrons. The van der Waals surface area contributed by atoms with Gasteiger partial charge in [-0.2, -0.15) is 5.10 Å². The van der Waals surface area contributed by atoms with Crippen LogP contribution < -0.4 is 5.56 Å². The first-order valence-corrected chi connectivity index (χ1v) is 9.64. The number of aromatic nitrogens is 5. The van der Waals surface area contributed by atoms with Gasteiger partial charge in [-0.05, 0) is 30.4 Å². The number of benzene rings is 1. The smallest absolute Gasteiger partial charge is 0.275 e. The molecule has 0 fully saturated rings. The second-order valence-corrected chi connectivity index (χ2v) is 7.42. The fourth-order valence-corrected chi connectivity index (χ4v) is 4.28. The molecule has 0 amide bonds. The van der Waals surface area contributed by atoms with Crippen LogP contribution in [-0.4, -0.2) is 24.5 Å². The molecule has 3 aromatic heterocycles. The van der Waals surface area contributed by atoms with Gasteiger partial charge in [-0.1, -0.05) is 24.3 Å². The average molecular weight is 363 g/mol. The van der Waals surface area contributed by atoms with Crippen molar-refractivity contribution in [3.63, 3.8) is 0 Å². The van der Waals surface area contributed by atoms with Crippen molar-refractivity contribution in [2.45, 2.75) is 32.4 Å². The van der Waals surface area contributed by atoms with E-state index in [1.807, 2.05) is 41.8 Å². The van der Waals surface area contributed by atoms with Crippen molar-refractivity contribution in [1.29, 1.82) is 0 Å². The first-order chi connectivity index (χ1) is 12.8. The minimum atomic E-state index is -0.0888. The van der Waals surface area contributed by atoms with E-state index in [0.717, 1.165) is 53.4 Å². The molecule has 0 N–H and O–H groups in total. The van der Waals surface area contributed by atoms with Crippen molar-refractivity contribution in [1.82, 2.24) is 24.5 Å². The van der Waals surface area contributed by atoms with Crippen molar-refractivity contribution in [2.75, 3.05) is 0 Å². The number of aryl methyl sites for hydroxylation is 1. The minimum Gasteiger partial charge on any atom is -0.313 e. The lowest BCUT2D eigenvalue weighted by Gasteiger charge is -2.15. The highest BCUT2D eigenvalue weighted by atomic mass is 32.1. The van der Waals surface area contributed by atoms with Crippen LogP contribution in [0.1, 0.15) is 24.5 Å². The van der Waals surface area contributed by atoms with E-state index in [4.69, 9.17) is 5.10 Å². The summed E-state index contributed by atoms with van der Waals surface area (Å²) >= 11 is 1.63. The summed E-state index contributed by atoms with van der Waals surface area (Å²) in [5, 5.41) is 16.9. The highest BCUT2D eigenvalue weighted by molar-refractivity contribution is 7.13. The van der Waals surface area contributed by atoms with Crippen LogP contribution in [0.4, 0.5) is 0 Å². The molecular formula is C19H17N5OS. The summed E-state index contributed by atoms with van der Waals surface area (Å²) in [7, 11) is 0. The molecule has 26 heavy (non-hydrogen) atoms. The van der Waals surface area contributed by atoms with E-state index in [0.29, 0.717) is 11.9 Å². The quantitative estimate of drug-likeness (QED) is 0.561. The van der Waals surface area contributed by atoms with Crippen molar-refractivity contribution in [3.05, 3.63) is 63.8 Å². The molecule has 0 atom stereocenters. The van der Waals surface area contributed by atoms with Crippen LogP contribution in [0.15, 0.2) is 46.6 Å². The molecule has 4 heterocycles. The van der Waals surface area contributed by atoms with E-state index in [1.54, 1.807) is 11.3 Å². The third kappa shape index (κ3) is 2.47. The maximum atomic E-state index is 13.0. The molecule has 0 spiro atoms. The van der Waals surface area contributed by atoms with E-state index in [-0.39, 0.29) is 5.56 Å². The fourth-order valence-electron chi connectivity index (χ4n) is 3.56. The molecule has 0 bridgehead atoms. The van der Waals surface area contributed by atoms with Crippen LogP contribution in [0.3, 0.4) is 0 Å². The van der Waals surface area contributed by atoms with Gasteiger partial charge in [0.1, 0.15) is 18.1 Å². The second-order valence-electron chi connectivity index (χ2n) is 6.48. The van der Waals surface area contributed by atoms with Gasteiger partial charge in [0.25, 0.3) is 5.56 Å². The van der Waals surface area contributed by atoms with Gasteiger partial charge in [0.05, 0.1) is 10.3 Å². The SMILES string of the molecule is O=c1c2ccccc2c(-c2cccs2)nn1Cc1nnc2n1CCCC2. The molecule has 6 nitrogen and oxygen atoms in total. The number of rotatable bonds is 3. The summed E-state index contributed by atoms with van der Waals surface area (Å²) in [6.07, 6.45) is 3.22. The maximum absolute atomic E-state index is 13.0. The van der Waals surface area contributed by atoms with Crippen molar-refractivity contribution >= 4 is 22.1 Å². The van der Waals surface area contributed by atoms with E-state index >= 15 is 0 Å². The number of hydrogen-bond acceptors (Lipinski definition) is 5. The Kier molecular flexibility index (Phi) is 3.67. The Bertz CT molecular complexity index is 1140. The Morgan fingerprint density at radius 2 is 1.92 bits per heavy atom. The Labute approximate surface area is 153 Å². The molecule has 1 aliphatic heterocycles. The lowest BCUT2D eigenvalue weighted by Crippen LogP contribution is -2.26. The first-order valence-electron chi connectivity index (χ1n) is 8.76. The van der Waals surface area contributed by atoms with E-state index in [1.165, 1.54) is 4.68 Å². The van der Waals surface area contributed by atoms with Gasteiger partial charge in [-0.15, -0.1) is 21.5 Å². The van der Waals surface area contributed by atoms with Crippen molar-refractivity contribution in [3.8, 4) is 10.6 Å². The first kappa shape index (κ1) is 15.5. The van der Waals surface area contributed by atoms with Crippen LogP contribution in [0.2, 0.25) is 0 Å². The zero-order chi connectivity index (χ0) is 17.5. The van der Waals surface area contributed by atoms with Gasteiger partial charge in [0.2, 0.25) is 0 Å². The molecular weight excluding hydrogens is 346 g/mol. The summed E-state index contributed by atoms with van der Waals surface area (Å²) in [4.78, 5) is 14.0. The standard InChI is InChI=1S/C19H17N5OS/c25-19-14-7-2-1-6-13(14)18(15-8-5-11-26-15)22-24(19)12-17-21-20-16-9-3-4-10-23(16)17/h1-2,5-8,11H,3-4,9-10,12H2. The van der Waals surface area contributed by atoms with Crippen LogP contribution in [0.25, 0.3) is 21.3 Å². The molecule has 1 aliphatic rings. The van der Waals surface area contributed by atoms with Crippen LogP contribution in [0, 0.1) is 0 Å². The monoisotopic (exact) mass is 363 g/mol. The maximum Gasteiger partial charge on any atom is 0.275 e. The number of thiophene rings is 1. The molecule has 0 saturated carbocycles. The summed E-state index contributed by atoms with van der Waals surface area (Å²) in [6.45, 7) is 1.26. The molecule has 130 valence electrons. The second kappa shape index (κ2) is 6.17. The zero-order valence-electron chi connectivity index (χ0n) is 14.1. The Hall–Kier alpha value is -2.80. The average Bonchev–Trinajstić information content (AvgIpc) is 3.35. The van der Waals surface area contributed by atoms with Crippen LogP contribution in [0.5, 0.6) is 0 Å². The molecule has 0 unspecified atom stereocenters. The van der Waals surface area contributed by atoms with Crippen LogP contribution >= 0.6 is 11.3 Å². The fraction of sp³-hybridized carbons (Fsp3) is 0.263. The van der Waals surface area contributed by atoms with E-state index in [9.17, 15) is 4.79 Å². The third-order valence-electron chi connectivity index (χ3n) is 4.85. The van der Waals surface area contributed by atoms with Gasteiger partial charge in [-0.25, -0.2) is 4.68 Å². The molecule has 0 saturated heterocycles. The summed E-state index contributed by atoms with van der Waals surface area (Å²) in [6, 6.07) is 11.7. The topological polar surface area (TPSA) is 65.6 Å². The number of hydrogen-bond donors (Lipinski definition) is 0. The summed E-state index contributed by atoms with van der Waals surface area (Å²) in [5.74, 6) is 1.82. The molecule has 4 aromatic rings. The lowest BCUT2D eigenvalue weighted by atomic mass is 10.1. The van der Waals surface area contributed by atoms with Gasteiger partial charge < -0.3 is 4.57 Å². The van der Waals surface area contributed by atoms with Gasteiger partial charge in [0.15, 0.2) is 5.82 Å².